The highest BCUT2D eigenvalue weighted by atomic mass is 32.2. The Labute approximate surface area is 170 Å². The molecule has 5 N–H and O–H groups in total. The number of rotatable bonds is 6. The standard InChI is InChI=1S/C15H20FN7O6S/c16-9-11(24)8(4-28-30(26,27)22-14(25)7-2-1-3-18-7)29-15(9)23-6-21-10-12(17)19-5-20-13(10)23/h5-9,11,15,18,24H,1-4H2,(H,22,25)(H2,17,19,20)/t7-,8+,9+,11+,15+/m0/s1. The summed E-state index contributed by atoms with van der Waals surface area (Å²) in [6.45, 7) is -0.0948. The second-order valence-corrected chi connectivity index (χ2v) is 8.29. The van der Waals surface area contributed by atoms with Gasteiger partial charge >= 0.3 is 10.3 Å². The van der Waals surface area contributed by atoms with E-state index in [9.17, 15) is 22.7 Å². The molecule has 0 aromatic carbocycles. The molecule has 0 bridgehead atoms. The average Bonchev–Trinajstić information content (AvgIpc) is 3.42. The number of nitrogens with zero attached hydrogens (tertiary/aromatic N) is 4. The van der Waals surface area contributed by atoms with Gasteiger partial charge in [-0.1, -0.05) is 0 Å². The maximum absolute atomic E-state index is 14.7. The number of nitrogen functional groups attached to an aromatic ring is 1. The lowest BCUT2D eigenvalue weighted by atomic mass is 10.1. The van der Waals surface area contributed by atoms with Crippen molar-refractivity contribution in [2.24, 2.45) is 0 Å². The molecule has 2 aliphatic rings. The summed E-state index contributed by atoms with van der Waals surface area (Å²) in [5.74, 6) is -0.657. The molecule has 0 aliphatic carbocycles. The lowest BCUT2D eigenvalue weighted by Gasteiger charge is -2.16. The van der Waals surface area contributed by atoms with Crippen LogP contribution in [-0.4, -0.2) is 76.5 Å². The Bertz CT molecular complexity index is 1040. The number of anilines is 1. The SMILES string of the molecule is Nc1ncnc2c1ncn2[C@@H]1O[C@H](COS(=O)(=O)NC(=O)[C@@H]2CCCN2)[C@@H](O)[C@H]1F. The Morgan fingerprint density at radius 3 is 3.00 bits per heavy atom. The average molecular weight is 445 g/mol. The van der Waals surface area contributed by atoms with Crippen LogP contribution in [0.15, 0.2) is 12.7 Å². The number of ether oxygens (including phenoxy) is 1. The van der Waals surface area contributed by atoms with Crippen LogP contribution in [-0.2, 0) is 24.0 Å². The minimum absolute atomic E-state index is 0.0891. The van der Waals surface area contributed by atoms with Crippen LogP contribution in [0.3, 0.4) is 0 Å². The Balaban J connectivity index is 1.42. The van der Waals surface area contributed by atoms with Crippen LogP contribution in [0.2, 0.25) is 0 Å². The van der Waals surface area contributed by atoms with Gasteiger partial charge in [0.05, 0.1) is 19.0 Å². The lowest BCUT2D eigenvalue weighted by molar-refractivity contribution is -0.121. The van der Waals surface area contributed by atoms with E-state index in [1.54, 1.807) is 4.72 Å². The predicted octanol–water partition coefficient (Wildman–Crippen LogP) is -1.87. The maximum atomic E-state index is 14.7. The fraction of sp³-hybridized carbons (Fsp3) is 0.600. The molecule has 13 nitrogen and oxygen atoms in total. The highest BCUT2D eigenvalue weighted by molar-refractivity contribution is 7.85. The third-order valence-corrected chi connectivity index (χ3v) is 5.84. The first-order valence-electron chi connectivity index (χ1n) is 9.12. The molecule has 0 radical (unpaired) electrons. The van der Waals surface area contributed by atoms with Gasteiger partial charge in [-0.3, -0.25) is 13.5 Å². The number of carbonyl (C=O) groups is 1. The van der Waals surface area contributed by atoms with Crippen LogP contribution >= 0.6 is 0 Å². The number of aliphatic hydroxyl groups is 1. The molecule has 15 heteroatoms. The number of nitrogens with one attached hydrogen (secondary N) is 2. The molecule has 164 valence electrons. The fourth-order valence-corrected chi connectivity index (χ4v) is 4.17. The molecule has 30 heavy (non-hydrogen) atoms. The minimum atomic E-state index is -4.47. The largest absolute Gasteiger partial charge is 0.387 e. The van der Waals surface area contributed by atoms with Crippen LogP contribution < -0.4 is 15.8 Å². The van der Waals surface area contributed by atoms with Crippen molar-refractivity contribution < 1.29 is 31.6 Å². The molecule has 2 aliphatic heterocycles. The lowest BCUT2D eigenvalue weighted by Crippen LogP contribution is -2.44. The third kappa shape index (κ3) is 3.93. The third-order valence-electron chi connectivity index (χ3n) is 4.94. The van der Waals surface area contributed by atoms with E-state index in [0.717, 1.165) is 6.42 Å². The zero-order chi connectivity index (χ0) is 21.5. The quantitative estimate of drug-likeness (QED) is 0.391. The Morgan fingerprint density at radius 1 is 1.47 bits per heavy atom. The monoisotopic (exact) mass is 445 g/mol. The number of hydrogen-bond acceptors (Lipinski definition) is 11. The van der Waals surface area contributed by atoms with Gasteiger partial charge in [-0.05, 0) is 19.4 Å². The molecule has 0 saturated carbocycles. The van der Waals surface area contributed by atoms with Crippen molar-refractivity contribution in [3.05, 3.63) is 12.7 Å². The number of aromatic nitrogens is 4. The number of alkyl halides is 1. The van der Waals surface area contributed by atoms with Crippen molar-refractivity contribution in [2.75, 3.05) is 18.9 Å². The van der Waals surface area contributed by atoms with E-state index in [0.29, 0.717) is 13.0 Å². The summed E-state index contributed by atoms with van der Waals surface area (Å²) in [7, 11) is -4.47. The Morgan fingerprint density at radius 2 is 2.27 bits per heavy atom. The van der Waals surface area contributed by atoms with Gasteiger partial charge in [0.1, 0.15) is 24.1 Å². The zero-order valence-electron chi connectivity index (χ0n) is 15.5. The van der Waals surface area contributed by atoms with Gasteiger partial charge in [-0.2, -0.15) is 8.42 Å². The number of carbonyl (C=O) groups excluding carboxylic acids is 1. The van der Waals surface area contributed by atoms with E-state index in [2.05, 4.69) is 20.3 Å². The molecule has 1 amide bonds. The summed E-state index contributed by atoms with van der Waals surface area (Å²) in [4.78, 5) is 23.7. The van der Waals surface area contributed by atoms with Gasteiger partial charge in [-0.15, -0.1) is 0 Å². The summed E-state index contributed by atoms with van der Waals surface area (Å²) in [5.41, 5.74) is 6.12. The molecule has 0 unspecified atom stereocenters. The molecule has 2 fully saturated rings. The Kier molecular flexibility index (Phi) is 5.54. The molecule has 2 aromatic rings. The number of imidazole rings is 1. The normalized spacial score (nSPS) is 29.5. The van der Waals surface area contributed by atoms with Crippen LogP contribution in [0.25, 0.3) is 11.2 Å². The molecule has 4 heterocycles. The molecule has 2 saturated heterocycles. The molecular weight excluding hydrogens is 425 g/mol. The van der Waals surface area contributed by atoms with Crippen LogP contribution in [0.4, 0.5) is 10.2 Å². The molecule has 4 rings (SSSR count). The van der Waals surface area contributed by atoms with Crippen LogP contribution in [0, 0.1) is 0 Å². The first kappa shape index (κ1) is 20.8. The number of hydrogen-bond donors (Lipinski definition) is 4. The molecule has 0 spiro atoms. The van der Waals surface area contributed by atoms with E-state index in [1.807, 2.05) is 0 Å². The maximum Gasteiger partial charge on any atom is 0.362 e. The predicted molar refractivity (Wildman–Crippen MR) is 98.6 cm³/mol. The number of halogens is 1. The number of nitrogens with two attached hydrogens (primary N) is 1. The molecule has 5 atom stereocenters. The topological polar surface area (TPSA) is 184 Å². The first-order chi connectivity index (χ1) is 14.3. The van der Waals surface area contributed by atoms with E-state index < -0.39 is 53.5 Å². The first-order valence-corrected chi connectivity index (χ1v) is 10.5. The van der Waals surface area contributed by atoms with Gasteiger partial charge in [0.25, 0.3) is 5.91 Å². The summed E-state index contributed by atoms with van der Waals surface area (Å²) < 4.78 is 51.9. The van der Waals surface area contributed by atoms with Crippen LogP contribution in [0.5, 0.6) is 0 Å². The summed E-state index contributed by atoms with van der Waals surface area (Å²) in [6, 6.07) is -0.625. The van der Waals surface area contributed by atoms with Crippen LogP contribution in [0.1, 0.15) is 19.1 Å². The second-order valence-electron chi connectivity index (χ2n) is 6.94. The van der Waals surface area contributed by atoms with Gasteiger partial charge in [0.2, 0.25) is 0 Å². The highest BCUT2D eigenvalue weighted by Crippen LogP contribution is 2.34. The van der Waals surface area contributed by atoms with Crippen molar-refractivity contribution in [2.45, 2.75) is 43.5 Å². The van der Waals surface area contributed by atoms with Gasteiger partial charge in [0.15, 0.2) is 23.9 Å². The van der Waals surface area contributed by atoms with Crippen molar-refractivity contribution in [3.8, 4) is 0 Å². The van der Waals surface area contributed by atoms with Gasteiger partial charge in [0, 0.05) is 0 Å². The molecule has 2 aromatic heterocycles. The van der Waals surface area contributed by atoms with E-state index in [-0.39, 0.29) is 17.0 Å². The minimum Gasteiger partial charge on any atom is -0.387 e. The number of amides is 1. The Hall–Kier alpha value is -2.46. The van der Waals surface area contributed by atoms with E-state index >= 15 is 0 Å². The number of fused-ring (bicyclic) bond motifs is 1. The van der Waals surface area contributed by atoms with Crippen molar-refractivity contribution in [3.63, 3.8) is 0 Å². The zero-order valence-corrected chi connectivity index (χ0v) is 16.3. The number of aliphatic hydroxyl groups excluding tert-OH is 1. The van der Waals surface area contributed by atoms with Gasteiger partial charge < -0.3 is 20.9 Å². The smallest absolute Gasteiger partial charge is 0.362 e. The van der Waals surface area contributed by atoms with E-state index in [1.165, 1.54) is 17.2 Å². The fourth-order valence-electron chi connectivity index (χ4n) is 3.41. The van der Waals surface area contributed by atoms with Gasteiger partial charge in [-0.25, -0.2) is 24.1 Å². The molecular formula is C15H20FN7O6S. The van der Waals surface area contributed by atoms with Crippen molar-refractivity contribution in [1.29, 1.82) is 0 Å². The van der Waals surface area contributed by atoms with Crippen molar-refractivity contribution >= 4 is 33.2 Å². The summed E-state index contributed by atoms with van der Waals surface area (Å²) >= 11 is 0. The summed E-state index contributed by atoms with van der Waals surface area (Å²) in [6.07, 6.45) is -2.62. The van der Waals surface area contributed by atoms with Crippen molar-refractivity contribution in [1.82, 2.24) is 29.6 Å². The highest BCUT2D eigenvalue weighted by Gasteiger charge is 2.46. The summed E-state index contributed by atoms with van der Waals surface area (Å²) in [5, 5.41) is 13.0. The van der Waals surface area contributed by atoms with E-state index in [4.69, 9.17) is 14.7 Å². The second kappa shape index (κ2) is 7.99.